The van der Waals surface area contributed by atoms with Crippen LogP contribution in [0, 0.1) is 5.82 Å². The minimum atomic E-state index is -0.481. The third kappa shape index (κ3) is 4.03. The summed E-state index contributed by atoms with van der Waals surface area (Å²) < 4.78 is 14.2. The standard InChI is InChI=1S/C15H19BrFNO/c16-13-10-6-9-12(14(13)17)15(19)18-11-7-4-2-1-3-5-8-11/h6,9-11H,1-5,7-8H2,(H,18,19). The fraction of sp³-hybridized carbons (Fsp3) is 0.533. The van der Waals surface area contributed by atoms with Crippen LogP contribution in [0.4, 0.5) is 4.39 Å². The van der Waals surface area contributed by atoms with Crippen molar-refractivity contribution in [3.8, 4) is 0 Å². The Labute approximate surface area is 121 Å². The SMILES string of the molecule is O=C(NC1CCCCCCC1)c1cccc(Br)c1F. The Bertz CT molecular complexity index is 442. The van der Waals surface area contributed by atoms with E-state index >= 15 is 0 Å². The first-order valence-electron chi connectivity index (χ1n) is 6.93. The van der Waals surface area contributed by atoms with Crippen LogP contribution in [0.3, 0.4) is 0 Å². The molecule has 0 saturated heterocycles. The summed E-state index contributed by atoms with van der Waals surface area (Å²) in [6, 6.07) is 4.99. The van der Waals surface area contributed by atoms with E-state index < -0.39 is 5.82 Å². The van der Waals surface area contributed by atoms with Gasteiger partial charge in [0, 0.05) is 6.04 Å². The van der Waals surface area contributed by atoms with E-state index in [1.165, 1.54) is 25.3 Å². The molecule has 1 N–H and O–H groups in total. The molecule has 1 amide bonds. The first kappa shape index (κ1) is 14.5. The molecular formula is C15H19BrFNO. The van der Waals surface area contributed by atoms with Crippen molar-refractivity contribution < 1.29 is 9.18 Å². The predicted octanol–water partition coefficient (Wildman–Crippen LogP) is 4.43. The van der Waals surface area contributed by atoms with Gasteiger partial charge in [0.2, 0.25) is 0 Å². The highest BCUT2D eigenvalue weighted by atomic mass is 79.9. The van der Waals surface area contributed by atoms with Crippen molar-refractivity contribution in [2.75, 3.05) is 0 Å². The number of hydrogen-bond acceptors (Lipinski definition) is 1. The monoisotopic (exact) mass is 327 g/mol. The normalized spacial score (nSPS) is 17.6. The predicted molar refractivity (Wildman–Crippen MR) is 77.7 cm³/mol. The van der Waals surface area contributed by atoms with Gasteiger partial charge in [0.1, 0.15) is 5.82 Å². The van der Waals surface area contributed by atoms with Crippen LogP contribution in [0.25, 0.3) is 0 Å². The fourth-order valence-corrected chi connectivity index (χ4v) is 2.91. The van der Waals surface area contributed by atoms with Crippen LogP contribution in [0.1, 0.15) is 55.3 Å². The number of carbonyl (C=O) groups excluding carboxylic acids is 1. The largest absolute Gasteiger partial charge is 0.349 e. The zero-order chi connectivity index (χ0) is 13.7. The van der Waals surface area contributed by atoms with Crippen molar-refractivity contribution in [1.29, 1.82) is 0 Å². The van der Waals surface area contributed by atoms with E-state index in [2.05, 4.69) is 21.2 Å². The zero-order valence-corrected chi connectivity index (χ0v) is 12.5. The highest BCUT2D eigenvalue weighted by Gasteiger charge is 2.18. The van der Waals surface area contributed by atoms with E-state index in [0.29, 0.717) is 4.47 Å². The second-order valence-corrected chi connectivity index (χ2v) is 5.97. The summed E-state index contributed by atoms with van der Waals surface area (Å²) in [4.78, 5) is 12.1. The lowest BCUT2D eigenvalue weighted by atomic mass is 9.96. The van der Waals surface area contributed by atoms with E-state index in [4.69, 9.17) is 0 Å². The molecule has 1 aromatic rings. The number of hydrogen-bond donors (Lipinski definition) is 1. The number of carbonyl (C=O) groups is 1. The van der Waals surface area contributed by atoms with E-state index in [0.717, 1.165) is 25.7 Å². The second kappa shape index (κ2) is 7.04. The number of nitrogens with one attached hydrogen (secondary N) is 1. The smallest absolute Gasteiger partial charge is 0.254 e. The van der Waals surface area contributed by atoms with Gasteiger partial charge in [-0.15, -0.1) is 0 Å². The highest BCUT2D eigenvalue weighted by molar-refractivity contribution is 9.10. The molecule has 1 aliphatic rings. The summed E-state index contributed by atoms with van der Waals surface area (Å²) in [5.41, 5.74) is 0.122. The van der Waals surface area contributed by atoms with Gasteiger partial charge in [-0.05, 0) is 40.9 Å². The van der Waals surface area contributed by atoms with Crippen molar-refractivity contribution in [3.63, 3.8) is 0 Å². The molecular weight excluding hydrogens is 309 g/mol. The van der Waals surface area contributed by atoms with Crippen LogP contribution in [0.2, 0.25) is 0 Å². The lowest BCUT2D eigenvalue weighted by Gasteiger charge is -2.21. The molecule has 0 atom stereocenters. The van der Waals surface area contributed by atoms with E-state index in [-0.39, 0.29) is 17.5 Å². The fourth-order valence-electron chi connectivity index (χ4n) is 2.54. The molecule has 19 heavy (non-hydrogen) atoms. The van der Waals surface area contributed by atoms with Crippen molar-refractivity contribution in [1.82, 2.24) is 5.32 Å². The van der Waals surface area contributed by atoms with Crippen LogP contribution in [0.15, 0.2) is 22.7 Å². The lowest BCUT2D eigenvalue weighted by molar-refractivity contribution is 0.0926. The molecule has 1 aliphatic carbocycles. The van der Waals surface area contributed by atoms with Gasteiger partial charge in [0.05, 0.1) is 10.0 Å². The van der Waals surface area contributed by atoms with Gasteiger partial charge >= 0.3 is 0 Å². The summed E-state index contributed by atoms with van der Waals surface area (Å²) in [5.74, 6) is -0.782. The molecule has 2 rings (SSSR count). The van der Waals surface area contributed by atoms with E-state index in [1.807, 2.05) is 0 Å². The molecule has 0 heterocycles. The molecule has 0 bridgehead atoms. The molecule has 0 aromatic heterocycles. The maximum Gasteiger partial charge on any atom is 0.254 e. The second-order valence-electron chi connectivity index (χ2n) is 5.12. The van der Waals surface area contributed by atoms with Gasteiger partial charge in [-0.2, -0.15) is 0 Å². The van der Waals surface area contributed by atoms with Crippen LogP contribution in [0.5, 0.6) is 0 Å². The quantitative estimate of drug-likeness (QED) is 0.855. The lowest BCUT2D eigenvalue weighted by Crippen LogP contribution is -2.35. The van der Waals surface area contributed by atoms with Crippen molar-refractivity contribution in [3.05, 3.63) is 34.1 Å². The number of halogens is 2. The van der Waals surface area contributed by atoms with Crippen molar-refractivity contribution in [2.24, 2.45) is 0 Å². The Kier molecular flexibility index (Phi) is 5.37. The molecule has 2 nitrogen and oxygen atoms in total. The Morgan fingerprint density at radius 2 is 1.79 bits per heavy atom. The Balaban J connectivity index is 2.01. The Morgan fingerprint density at radius 1 is 1.16 bits per heavy atom. The molecule has 104 valence electrons. The van der Waals surface area contributed by atoms with Crippen LogP contribution < -0.4 is 5.32 Å². The van der Waals surface area contributed by atoms with E-state index in [1.54, 1.807) is 12.1 Å². The maximum atomic E-state index is 13.8. The van der Waals surface area contributed by atoms with Gasteiger partial charge in [0.15, 0.2) is 0 Å². The Morgan fingerprint density at radius 3 is 2.47 bits per heavy atom. The zero-order valence-electron chi connectivity index (χ0n) is 10.9. The van der Waals surface area contributed by atoms with E-state index in [9.17, 15) is 9.18 Å². The molecule has 0 aliphatic heterocycles. The summed E-state index contributed by atoms with van der Waals surface area (Å²) in [7, 11) is 0. The summed E-state index contributed by atoms with van der Waals surface area (Å²) in [6.07, 6.45) is 8.05. The van der Waals surface area contributed by atoms with Crippen LogP contribution in [-0.4, -0.2) is 11.9 Å². The number of rotatable bonds is 2. The average Bonchev–Trinajstić information content (AvgIpc) is 2.35. The third-order valence-corrected chi connectivity index (χ3v) is 4.25. The van der Waals surface area contributed by atoms with Gasteiger partial charge in [-0.3, -0.25) is 4.79 Å². The molecule has 0 spiro atoms. The topological polar surface area (TPSA) is 29.1 Å². The molecule has 1 aromatic carbocycles. The van der Waals surface area contributed by atoms with Crippen LogP contribution >= 0.6 is 15.9 Å². The van der Waals surface area contributed by atoms with Gasteiger partial charge in [-0.1, -0.05) is 38.2 Å². The summed E-state index contributed by atoms with van der Waals surface area (Å²) >= 11 is 3.11. The summed E-state index contributed by atoms with van der Waals surface area (Å²) in [6.45, 7) is 0. The maximum absolute atomic E-state index is 13.8. The highest BCUT2D eigenvalue weighted by Crippen LogP contribution is 2.20. The number of amides is 1. The average molecular weight is 328 g/mol. The molecule has 1 saturated carbocycles. The third-order valence-electron chi connectivity index (χ3n) is 3.64. The van der Waals surface area contributed by atoms with Crippen LogP contribution in [-0.2, 0) is 0 Å². The molecule has 4 heteroatoms. The minimum absolute atomic E-state index is 0.122. The molecule has 1 fully saturated rings. The van der Waals surface area contributed by atoms with Gasteiger partial charge < -0.3 is 5.32 Å². The molecule has 0 radical (unpaired) electrons. The number of benzene rings is 1. The minimum Gasteiger partial charge on any atom is -0.349 e. The van der Waals surface area contributed by atoms with Gasteiger partial charge in [-0.25, -0.2) is 4.39 Å². The first-order chi connectivity index (χ1) is 9.18. The summed E-state index contributed by atoms with van der Waals surface area (Å²) in [5, 5.41) is 2.97. The van der Waals surface area contributed by atoms with Gasteiger partial charge in [0.25, 0.3) is 5.91 Å². The Hall–Kier alpha value is -0.900. The first-order valence-corrected chi connectivity index (χ1v) is 7.72. The molecule has 0 unspecified atom stereocenters. The van der Waals surface area contributed by atoms with Crippen molar-refractivity contribution >= 4 is 21.8 Å². The van der Waals surface area contributed by atoms with Crippen molar-refractivity contribution in [2.45, 2.75) is 51.0 Å².